The Kier molecular flexibility index (Phi) is 8.15. The number of hydrogen-bond acceptors (Lipinski definition) is 8. The van der Waals surface area contributed by atoms with Gasteiger partial charge in [0.25, 0.3) is 11.5 Å². The van der Waals surface area contributed by atoms with Crippen molar-refractivity contribution in [2.24, 2.45) is 0 Å². The van der Waals surface area contributed by atoms with Gasteiger partial charge in [-0.25, -0.2) is 9.59 Å². The molecule has 0 saturated carbocycles. The first kappa shape index (κ1) is 24.9. The predicted octanol–water partition coefficient (Wildman–Crippen LogP) is 0.875. The molecule has 180 valence electrons. The third kappa shape index (κ3) is 6.01. The first-order valence-electron chi connectivity index (χ1n) is 10.5. The maximum Gasteiger partial charge on any atom is 0.338 e. The van der Waals surface area contributed by atoms with E-state index in [1.807, 2.05) is 12.1 Å². The van der Waals surface area contributed by atoms with Gasteiger partial charge >= 0.3 is 11.7 Å². The molecule has 2 aromatic carbocycles. The van der Waals surface area contributed by atoms with Crippen molar-refractivity contribution in [1.82, 2.24) is 9.55 Å². The van der Waals surface area contributed by atoms with Crippen LogP contribution in [0.1, 0.15) is 21.5 Å². The summed E-state index contributed by atoms with van der Waals surface area (Å²) >= 11 is 0. The van der Waals surface area contributed by atoms with Gasteiger partial charge in [0.05, 0.1) is 30.3 Å². The number of carbonyl (C=O) groups is 2. The quantitative estimate of drug-likeness (QED) is 0.429. The van der Waals surface area contributed by atoms with Crippen LogP contribution in [0.3, 0.4) is 0 Å². The molecule has 3 aromatic rings. The van der Waals surface area contributed by atoms with Crippen LogP contribution < -0.4 is 21.9 Å². The Labute approximate surface area is 199 Å². The minimum atomic E-state index is -0.866. The average molecular weight is 477 g/mol. The lowest BCUT2D eigenvalue weighted by molar-refractivity contribution is -0.121. The molecule has 3 rings (SSSR count). The monoisotopic (exact) mass is 477 g/mol. The normalized spacial score (nSPS) is 10.4. The summed E-state index contributed by atoms with van der Waals surface area (Å²) in [5, 5.41) is 8.99. The lowest BCUT2D eigenvalue weighted by Crippen LogP contribution is -2.44. The molecule has 1 heterocycles. The number of anilines is 2. The number of carbonyl (C=O) groups excluding carboxylic acids is 2. The molecule has 35 heavy (non-hydrogen) atoms. The molecule has 1 amide bonds. The van der Waals surface area contributed by atoms with E-state index < -0.39 is 29.7 Å². The summed E-state index contributed by atoms with van der Waals surface area (Å²) < 4.78 is 11.3. The number of H-pyrrole nitrogens is 1. The van der Waals surface area contributed by atoms with E-state index in [1.165, 1.54) is 31.4 Å². The smallest absolute Gasteiger partial charge is 0.338 e. The Morgan fingerprint density at radius 3 is 2.57 bits per heavy atom. The fourth-order valence-corrected chi connectivity index (χ4v) is 3.31. The molecule has 0 aliphatic rings. The SMILES string of the molecule is COCCN(C(=O)COC(=O)c1cccc(C#N)c1)c1c(N)n(Cc2ccccc2)c(=O)[nH]c1=O. The number of ether oxygens (including phenoxy) is 2. The molecule has 0 aliphatic carbocycles. The highest BCUT2D eigenvalue weighted by Gasteiger charge is 2.25. The number of esters is 1. The van der Waals surface area contributed by atoms with Crippen molar-refractivity contribution in [3.05, 3.63) is 92.1 Å². The van der Waals surface area contributed by atoms with E-state index in [1.54, 1.807) is 24.3 Å². The van der Waals surface area contributed by atoms with Crippen molar-refractivity contribution in [2.45, 2.75) is 6.54 Å². The number of nitriles is 1. The van der Waals surface area contributed by atoms with Gasteiger partial charge in [-0.3, -0.25) is 24.0 Å². The van der Waals surface area contributed by atoms with Gasteiger partial charge < -0.3 is 15.2 Å². The Hall–Kier alpha value is -4.69. The van der Waals surface area contributed by atoms with Gasteiger partial charge in [0.2, 0.25) is 0 Å². The molecule has 0 radical (unpaired) electrons. The number of hydrogen-bond donors (Lipinski definition) is 2. The van der Waals surface area contributed by atoms with Gasteiger partial charge in [-0.1, -0.05) is 36.4 Å². The molecule has 0 aliphatic heterocycles. The number of nitrogens with two attached hydrogens (primary N) is 1. The Bertz CT molecular complexity index is 1370. The van der Waals surface area contributed by atoms with Gasteiger partial charge in [0.1, 0.15) is 5.82 Å². The van der Waals surface area contributed by atoms with Crippen molar-refractivity contribution in [3.8, 4) is 6.07 Å². The highest BCUT2D eigenvalue weighted by molar-refractivity contribution is 5.98. The highest BCUT2D eigenvalue weighted by Crippen LogP contribution is 2.18. The summed E-state index contributed by atoms with van der Waals surface area (Å²) in [4.78, 5) is 53.7. The van der Waals surface area contributed by atoms with Crippen LogP contribution in [0.15, 0.2) is 64.2 Å². The van der Waals surface area contributed by atoms with Gasteiger partial charge in [-0.2, -0.15) is 5.26 Å². The van der Waals surface area contributed by atoms with Crippen LogP contribution in [0.4, 0.5) is 11.5 Å². The van der Waals surface area contributed by atoms with Crippen LogP contribution in [-0.2, 0) is 20.8 Å². The maximum absolute atomic E-state index is 13.0. The number of nitrogens with zero attached hydrogens (tertiary/aromatic N) is 3. The molecule has 0 atom stereocenters. The summed E-state index contributed by atoms with van der Waals surface area (Å²) in [5.74, 6) is -1.80. The third-order valence-corrected chi connectivity index (χ3v) is 5.04. The molecular formula is C24H23N5O6. The van der Waals surface area contributed by atoms with Gasteiger partial charge in [0.15, 0.2) is 12.3 Å². The lowest BCUT2D eigenvalue weighted by atomic mass is 10.1. The standard InChI is InChI=1S/C24H23N5O6/c1-34-11-10-28(19(30)15-35-23(32)18-9-5-8-17(12-18)13-25)20-21(26)29(24(33)27-22(20)31)14-16-6-3-2-4-7-16/h2-9,12H,10-11,14-15,26H2,1H3,(H,27,31,33). The number of aromatic amines is 1. The largest absolute Gasteiger partial charge is 0.452 e. The van der Waals surface area contributed by atoms with Crippen molar-refractivity contribution in [1.29, 1.82) is 5.26 Å². The summed E-state index contributed by atoms with van der Waals surface area (Å²) in [5.41, 5.74) is 5.43. The number of benzene rings is 2. The number of rotatable bonds is 9. The van der Waals surface area contributed by atoms with Crippen molar-refractivity contribution >= 4 is 23.4 Å². The second-order valence-corrected chi connectivity index (χ2v) is 7.37. The number of amides is 1. The molecule has 1 aromatic heterocycles. The van der Waals surface area contributed by atoms with E-state index in [9.17, 15) is 19.2 Å². The van der Waals surface area contributed by atoms with Gasteiger partial charge in [-0.15, -0.1) is 0 Å². The lowest BCUT2D eigenvalue weighted by Gasteiger charge is -2.24. The van der Waals surface area contributed by atoms with E-state index in [4.69, 9.17) is 20.5 Å². The molecule has 3 N–H and O–H groups in total. The topological polar surface area (TPSA) is 161 Å². The van der Waals surface area contributed by atoms with Crippen LogP contribution in [0, 0.1) is 11.3 Å². The van der Waals surface area contributed by atoms with Crippen LogP contribution in [0.5, 0.6) is 0 Å². The summed E-state index contributed by atoms with van der Waals surface area (Å²) in [6, 6.07) is 16.7. The fraction of sp³-hybridized carbons (Fsp3) is 0.208. The number of methoxy groups -OCH3 is 1. The molecule has 0 bridgehead atoms. The second kappa shape index (κ2) is 11.4. The van der Waals surface area contributed by atoms with Crippen LogP contribution >= 0.6 is 0 Å². The van der Waals surface area contributed by atoms with Crippen molar-refractivity contribution < 1.29 is 19.1 Å². The Morgan fingerprint density at radius 1 is 1.14 bits per heavy atom. The average Bonchev–Trinajstić information content (AvgIpc) is 2.87. The molecular weight excluding hydrogens is 454 g/mol. The van der Waals surface area contributed by atoms with Crippen molar-refractivity contribution in [2.75, 3.05) is 37.5 Å². The number of nitrogens with one attached hydrogen (secondary N) is 1. The molecule has 0 unspecified atom stereocenters. The minimum Gasteiger partial charge on any atom is -0.452 e. The van der Waals surface area contributed by atoms with E-state index in [0.29, 0.717) is 0 Å². The Balaban J connectivity index is 1.89. The van der Waals surface area contributed by atoms with Crippen LogP contribution in [0.25, 0.3) is 0 Å². The highest BCUT2D eigenvalue weighted by atomic mass is 16.5. The maximum atomic E-state index is 13.0. The summed E-state index contributed by atoms with van der Waals surface area (Å²) in [6.45, 7) is -0.698. The zero-order valence-corrected chi connectivity index (χ0v) is 18.9. The first-order valence-corrected chi connectivity index (χ1v) is 10.5. The molecule has 11 nitrogen and oxygen atoms in total. The van der Waals surface area contributed by atoms with E-state index in [0.717, 1.165) is 15.0 Å². The zero-order chi connectivity index (χ0) is 25.4. The molecule has 0 fully saturated rings. The van der Waals surface area contributed by atoms with Crippen LogP contribution in [-0.4, -0.2) is 48.3 Å². The van der Waals surface area contributed by atoms with Gasteiger partial charge in [-0.05, 0) is 23.8 Å². The molecule has 0 saturated heterocycles. The molecule has 0 spiro atoms. The summed E-state index contributed by atoms with van der Waals surface area (Å²) in [7, 11) is 1.41. The fourth-order valence-electron chi connectivity index (χ4n) is 3.31. The predicted molar refractivity (Wildman–Crippen MR) is 127 cm³/mol. The zero-order valence-electron chi connectivity index (χ0n) is 18.9. The number of aromatic nitrogens is 2. The first-order chi connectivity index (χ1) is 16.8. The minimum absolute atomic E-state index is 0.0423. The van der Waals surface area contributed by atoms with Gasteiger partial charge in [0, 0.05) is 13.7 Å². The summed E-state index contributed by atoms with van der Waals surface area (Å²) in [6.07, 6.45) is 0. The van der Waals surface area contributed by atoms with E-state index in [-0.39, 0.29) is 42.3 Å². The van der Waals surface area contributed by atoms with E-state index in [2.05, 4.69) is 4.98 Å². The Morgan fingerprint density at radius 2 is 1.89 bits per heavy atom. The van der Waals surface area contributed by atoms with Crippen LogP contribution in [0.2, 0.25) is 0 Å². The molecule has 11 heteroatoms. The van der Waals surface area contributed by atoms with Crippen molar-refractivity contribution in [3.63, 3.8) is 0 Å². The third-order valence-electron chi connectivity index (χ3n) is 5.04. The van der Waals surface area contributed by atoms with E-state index >= 15 is 0 Å². The number of nitrogen functional groups attached to an aromatic ring is 1. The second-order valence-electron chi connectivity index (χ2n) is 7.37.